The average molecular weight is 360 g/mol. The summed E-state index contributed by atoms with van der Waals surface area (Å²) in [6.07, 6.45) is 2.16. The van der Waals surface area contributed by atoms with Crippen molar-refractivity contribution >= 4 is 21.5 Å². The number of benzene rings is 4. The van der Waals surface area contributed by atoms with E-state index in [9.17, 15) is 0 Å². The zero-order valence-electron chi connectivity index (χ0n) is 16.2. The number of fused-ring (bicyclic) bond motifs is 3. The lowest BCUT2D eigenvalue weighted by Gasteiger charge is -2.12. The molecule has 5 rings (SSSR count). The van der Waals surface area contributed by atoms with E-state index in [1.807, 2.05) is 0 Å². The van der Waals surface area contributed by atoms with E-state index in [4.69, 9.17) is 0 Å². The molecule has 0 radical (unpaired) electrons. The molecule has 4 aromatic carbocycles. The van der Waals surface area contributed by atoms with Crippen LogP contribution in [0.2, 0.25) is 0 Å². The molecule has 5 aromatic rings. The van der Waals surface area contributed by atoms with Crippen LogP contribution in [0.5, 0.6) is 0 Å². The van der Waals surface area contributed by atoms with Crippen LogP contribution >= 0.6 is 0 Å². The fourth-order valence-electron chi connectivity index (χ4n) is 4.17. The molecule has 0 aliphatic rings. The molecule has 0 saturated heterocycles. The minimum absolute atomic E-state index is 1.24. The Morgan fingerprint density at radius 3 is 2.21 bits per heavy atom. The molecule has 0 atom stereocenters. The molecule has 0 aliphatic heterocycles. The normalized spacial score (nSPS) is 11.2. The smallest absolute Gasteiger partial charge is 0.201 e. The SMILES string of the molecule is Cc1ccc2c(ccc3ccccc32)c1-c1cc(-c2ccccc2)cc[n+]1C. The van der Waals surface area contributed by atoms with E-state index in [0.717, 1.165) is 0 Å². The molecule has 1 nitrogen and oxygen atoms in total. The Bertz CT molecular complexity index is 1320. The molecule has 28 heavy (non-hydrogen) atoms. The fourth-order valence-corrected chi connectivity index (χ4v) is 4.17. The minimum atomic E-state index is 1.24. The van der Waals surface area contributed by atoms with Crippen molar-refractivity contribution in [1.29, 1.82) is 0 Å². The highest BCUT2D eigenvalue weighted by atomic mass is 14.9. The van der Waals surface area contributed by atoms with Gasteiger partial charge in [0.15, 0.2) is 6.20 Å². The van der Waals surface area contributed by atoms with Crippen LogP contribution in [0.15, 0.2) is 97.2 Å². The first kappa shape index (κ1) is 16.7. The van der Waals surface area contributed by atoms with Crippen LogP contribution in [0.1, 0.15) is 5.56 Å². The summed E-state index contributed by atoms with van der Waals surface area (Å²) < 4.78 is 2.23. The minimum Gasteiger partial charge on any atom is -0.201 e. The first-order valence-corrected chi connectivity index (χ1v) is 9.69. The van der Waals surface area contributed by atoms with E-state index in [1.54, 1.807) is 0 Å². The van der Waals surface area contributed by atoms with Gasteiger partial charge in [-0.05, 0) is 45.2 Å². The first-order chi connectivity index (χ1) is 13.7. The zero-order chi connectivity index (χ0) is 19.1. The maximum Gasteiger partial charge on any atom is 0.213 e. The van der Waals surface area contributed by atoms with Crippen molar-refractivity contribution in [2.75, 3.05) is 0 Å². The lowest BCUT2D eigenvalue weighted by atomic mass is 9.92. The van der Waals surface area contributed by atoms with Crippen LogP contribution in [0.3, 0.4) is 0 Å². The second kappa shape index (κ2) is 6.61. The second-order valence-electron chi connectivity index (χ2n) is 7.42. The van der Waals surface area contributed by atoms with E-state index < -0.39 is 0 Å². The van der Waals surface area contributed by atoms with Gasteiger partial charge in [-0.3, -0.25) is 0 Å². The Morgan fingerprint density at radius 2 is 1.36 bits per heavy atom. The van der Waals surface area contributed by atoms with Gasteiger partial charge < -0.3 is 0 Å². The third-order valence-electron chi connectivity index (χ3n) is 5.65. The maximum atomic E-state index is 2.31. The lowest BCUT2D eigenvalue weighted by Crippen LogP contribution is -2.30. The summed E-state index contributed by atoms with van der Waals surface area (Å²) >= 11 is 0. The summed E-state index contributed by atoms with van der Waals surface area (Å²) in [7, 11) is 2.13. The molecule has 0 N–H and O–H groups in total. The van der Waals surface area contributed by atoms with Crippen molar-refractivity contribution < 1.29 is 4.57 Å². The molecule has 1 heteroatoms. The molecule has 0 amide bonds. The van der Waals surface area contributed by atoms with Crippen molar-refractivity contribution in [3.05, 3.63) is 103 Å². The number of hydrogen-bond acceptors (Lipinski definition) is 0. The van der Waals surface area contributed by atoms with Crippen molar-refractivity contribution in [2.45, 2.75) is 6.92 Å². The standard InChI is InChI=1S/C27H22N/c1-19-12-14-24-23-11-7-6-10-21(23)13-15-25(24)27(19)26-18-22(16-17-28(26)2)20-8-4-3-5-9-20/h3-18H,1-2H3/q+1. The quantitative estimate of drug-likeness (QED) is 0.251. The van der Waals surface area contributed by atoms with Gasteiger partial charge in [0.2, 0.25) is 5.69 Å². The van der Waals surface area contributed by atoms with E-state index in [0.29, 0.717) is 0 Å². The monoisotopic (exact) mass is 360 g/mol. The number of nitrogens with zero attached hydrogens (tertiary/aromatic N) is 1. The number of aryl methyl sites for hydroxylation is 2. The molecule has 1 aromatic heterocycles. The van der Waals surface area contributed by atoms with Gasteiger partial charge in [0.05, 0.1) is 5.56 Å². The highest BCUT2D eigenvalue weighted by Gasteiger charge is 2.18. The van der Waals surface area contributed by atoms with Crippen molar-refractivity contribution in [3.8, 4) is 22.4 Å². The number of rotatable bonds is 2. The third-order valence-corrected chi connectivity index (χ3v) is 5.65. The van der Waals surface area contributed by atoms with Gasteiger partial charge in [-0.25, -0.2) is 4.57 Å². The van der Waals surface area contributed by atoms with Crippen LogP contribution in [-0.4, -0.2) is 0 Å². The van der Waals surface area contributed by atoms with Gasteiger partial charge in [0, 0.05) is 12.1 Å². The van der Waals surface area contributed by atoms with Crippen molar-refractivity contribution in [3.63, 3.8) is 0 Å². The Labute approximate surface area is 165 Å². The van der Waals surface area contributed by atoms with E-state index >= 15 is 0 Å². The predicted molar refractivity (Wildman–Crippen MR) is 118 cm³/mol. The molecule has 0 unspecified atom stereocenters. The van der Waals surface area contributed by atoms with Crippen LogP contribution in [0.4, 0.5) is 0 Å². The summed E-state index contributed by atoms with van der Waals surface area (Å²) in [6.45, 7) is 2.21. The van der Waals surface area contributed by atoms with Gasteiger partial charge in [-0.15, -0.1) is 0 Å². The molecule has 0 aliphatic carbocycles. The predicted octanol–water partition coefficient (Wildman–Crippen LogP) is 6.46. The molecular formula is C27H22N+. The Morgan fingerprint density at radius 1 is 0.607 bits per heavy atom. The summed E-state index contributed by atoms with van der Waals surface area (Å²) in [4.78, 5) is 0. The Kier molecular flexibility index (Phi) is 3.95. The van der Waals surface area contributed by atoms with E-state index in [1.165, 1.54) is 49.5 Å². The maximum absolute atomic E-state index is 2.31. The van der Waals surface area contributed by atoms with Gasteiger partial charge in [0.1, 0.15) is 7.05 Å². The Balaban J connectivity index is 1.82. The topological polar surface area (TPSA) is 3.88 Å². The molecule has 0 spiro atoms. The van der Waals surface area contributed by atoms with Crippen LogP contribution in [0.25, 0.3) is 43.9 Å². The zero-order valence-corrected chi connectivity index (χ0v) is 16.2. The summed E-state index contributed by atoms with van der Waals surface area (Å²) in [5.74, 6) is 0. The first-order valence-electron chi connectivity index (χ1n) is 9.69. The number of pyridine rings is 1. The van der Waals surface area contributed by atoms with Crippen LogP contribution in [-0.2, 0) is 7.05 Å². The summed E-state index contributed by atoms with van der Waals surface area (Å²) in [5.41, 5.74) is 6.32. The Hall–Kier alpha value is -3.45. The molecule has 0 fully saturated rings. The van der Waals surface area contributed by atoms with Gasteiger partial charge >= 0.3 is 0 Å². The van der Waals surface area contributed by atoms with Crippen molar-refractivity contribution in [1.82, 2.24) is 0 Å². The molecular weight excluding hydrogens is 338 g/mol. The largest absolute Gasteiger partial charge is 0.213 e. The second-order valence-corrected chi connectivity index (χ2v) is 7.42. The number of aromatic nitrogens is 1. The molecule has 0 saturated carbocycles. The van der Waals surface area contributed by atoms with Crippen molar-refractivity contribution in [2.24, 2.45) is 7.05 Å². The van der Waals surface area contributed by atoms with Gasteiger partial charge in [0.25, 0.3) is 0 Å². The molecule has 134 valence electrons. The lowest BCUT2D eigenvalue weighted by molar-refractivity contribution is -0.660. The highest BCUT2D eigenvalue weighted by Crippen LogP contribution is 2.35. The third kappa shape index (κ3) is 2.68. The summed E-state index contributed by atoms with van der Waals surface area (Å²) in [5, 5.41) is 5.21. The summed E-state index contributed by atoms with van der Waals surface area (Å²) in [6, 6.07) is 32.7. The average Bonchev–Trinajstić information content (AvgIpc) is 2.75. The van der Waals surface area contributed by atoms with Crippen LogP contribution < -0.4 is 4.57 Å². The van der Waals surface area contributed by atoms with Gasteiger partial charge in [-0.2, -0.15) is 0 Å². The molecule has 0 bridgehead atoms. The fraction of sp³-hybridized carbons (Fsp3) is 0.0741. The van der Waals surface area contributed by atoms with Gasteiger partial charge in [-0.1, -0.05) is 78.9 Å². The molecule has 1 heterocycles. The van der Waals surface area contributed by atoms with Crippen LogP contribution in [0, 0.1) is 6.92 Å². The number of hydrogen-bond donors (Lipinski definition) is 0. The van der Waals surface area contributed by atoms with E-state index in [-0.39, 0.29) is 0 Å². The van der Waals surface area contributed by atoms with E-state index in [2.05, 4.69) is 116 Å². The highest BCUT2D eigenvalue weighted by molar-refractivity contribution is 6.12.